The van der Waals surface area contributed by atoms with E-state index in [0.29, 0.717) is 6.42 Å². The second-order valence-electron chi connectivity index (χ2n) is 4.25. The van der Waals surface area contributed by atoms with Gasteiger partial charge in [0.2, 0.25) is 0 Å². The monoisotopic (exact) mass is 246 g/mol. The molecule has 0 aromatic rings. The fraction of sp³-hybridized carbons (Fsp3) is 0.833. The molecule has 2 unspecified atom stereocenters. The van der Waals surface area contributed by atoms with E-state index in [0.717, 1.165) is 19.3 Å². The maximum Gasteiger partial charge on any atom is 0.308 e. The third kappa shape index (κ3) is 9.81. The lowest BCUT2D eigenvalue weighted by Gasteiger charge is -2.13. The van der Waals surface area contributed by atoms with Gasteiger partial charge in [-0.15, -0.1) is 0 Å². The van der Waals surface area contributed by atoms with E-state index in [2.05, 4.69) is 6.92 Å². The predicted molar refractivity (Wildman–Crippen MR) is 62.6 cm³/mol. The standard InChI is InChI=1S/C12H22O5/c1-3-4-5-6-10(13)8-12(16)17-9(2)7-11(14)15/h9-10,13H,3-8H2,1-2H3,(H,14,15). The first-order chi connectivity index (χ1) is 7.95. The van der Waals surface area contributed by atoms with Gasteiger partial charge in [-0.2, -0.15) is 0 Å². The average Bonchev–Trinajstić information content (AvgIpc) is 2.15. The van der Waals surface area contributed by atoms with E-state index >= 15 is 0 Å². The molecular formula is C12H22O5. The molecule has 5 nitrogen and oxygen atoms in total. The first-order valence-corrected chi connectivity index (χ1v) is 6.05. The first kappa shape index (κ1) is 15.9. The summed E-state index contributed by atoms with van der Waals surface area (Å²) < 4.78 is 4.86. The number of aliphatic hydroxyl groups excluding tert-OH is 1. The van der Waals surface area contributed by atoms with Gasteiger partial charge in [0.25, 0.3) is 0 Å². The molecule has 0 aliphatic rings. The molecule has 5 heteroatoms. The van der Waals surface area contributed by atoms with E-state index in [1.54, 1.807) is 0 Å². The Balaban J connectivity index is 3.73. The van der Waals surface area contributed by atoms with Crippen molar-refractivity contribution in [3.05, 3.63) is 0 Å². The second-order valence-corrected chi connectivity index (χ2v) is 4.25. The van der Waals surface area contributed by atoms with E-state index in [1.165, 1.54) is 6.92 Å². The van der Waals surface area contributed by atoms with Gasteiger partial charge in [-0.3, -0.25) is 9.59 Å². The highest BCUT2D eigenvalue weighted by molar-refractivity contribution is 5.71. The van der Waals surface area contributed by atoms with Gasteiger partial charge in [0.1, 0.15) is 6.10 Å². The largest absolute Gasteiger partial charge is 0.481 e. The van der Waals surface area contributed by atoms with Crippen LogP contribution in [-0.2, 0) is 14.3 Å². The highest BCUT2D eigenvalue weighted by Crippen LogP contribution is 2.08. The minimum Gasteiger partial charge on any atom is -0.481 e. The Hall–Kier alpha value is -1.10. The molecule has 0 rings (SSSR count). The van der Waals surface area contributed by atoms with Gasteiger partial charge in [0, 0.05) is 0 Å². The minimum absolute atomic E-state index is 0.0618. The minimum atomic E-state index is -1.01. The molecule has 2 N–H and O–H groups in total. The highest BCUT2D eigenvalue weighted by atomic mass is 16.5. The highest BCUT2D eigenvalue weighted by Gasteiger charge is 2.16. The molecule has 0 saturated carbocycles. The number of aliphatic hydroxyl groups is 1. The van der Waals surface area contributed by atoms with Crippen molar-refractivity contribution < 1.29 is 24.5 Å². The average molecular weight is 246 g/mol. The van der Waals surface area contributed by atoms with Crippen molar-refractivity contribution in [1.29, 1.82) is 0 Å². The Bertz CT molecular complexity index is 239. The summed E-state index contributed by atoms with van der Waals surface area (Å²) in [6.45, 7) is 3.59. The molecular weight excluding hydrogens is 224 g/mol. The number of hydrogen-bond donors (Lipinski definition) is 2. The molecule has 0 amide bonds. The molecule has 0 aliphatic carbocycles. The van der Waals surface area contributed by atoms with E-state index in [1.807, 2.05) is 0 Å². The Morgan fingerprint density at radius 3 is 2.41 bits per heavy atom. The van der Waals surface area contributed by atoms with Crippen LogP contribution in [0.3, 0.4) is 0 Å². The molecule has 2 atom stereocenters. The summed E-state index contributed by atoms with van der Waals surface area (Å²) in [5.74, 6) is -1.54. The molecule has 0 fully saturated rings. The Kier molecular flexibility index (Phi) is 8.40. The number of carboxylic acid groups (broad SMARTS) is 1. The summed E-state index contributed by atoms with van der Waals surface area (Å²) in [6.07, 6.45) is 1.94. The fourth-order valence-electron chi connectivity index (χ4n) is 1.48. The lowest BCUT2D eigenvalue weighted by Crippen LogP contribution is -2.22. The van der Waals surface area contributed by atoms with Crippen molar-refractivity contribution in [3.63, 3.8) is 0 Å². The first-order valence-electron chi connectivity index (χ1n) is 6.05. The molecule has 17 heavy (non-hydrogen) atoms. The maximum atomic E-state index is 11.3. The number of esters is 1. The van der Waals surface area contributed by atoms with Crippen LogP contribution in [-0.4, -0.2) is 34.4 Å². The lowest BCUT2D eigenvalue weighted by atomic mass is 10.1. The van der Waals surface area contributed by atoms with Crippen LogP contribution in [0.25, 0.3) is 0 Å². The Morgan fingerprint density at radius 1 is 1.24 bits per heavy atom. The summed E-state index contributed by atoms with van der Waals surface area (Å²) >= 11 is 0. The van der Waals surface area contributed by atoms with Crippen molar-refractivity contribution in [2.45, 2.75) is 64.6 Å². The summed E-state index contributed by atoms with van der Waals surface area (Å²) in [5, 5.41) is 18.0. The molecule has 0 heterocycles. The van der Waals surface area contributed by atoms with Crippen LogP contribution in [0, 0.1) is 0 Å². The normalized spacial score (nSPS) is 14.1. The topological polar surface area (TPSA) is 83.8 Å². The molecule has 0 aromatic heterocycles. The van der Waals surface area contributed by atoms with Crippen molar-refractivity contribution in [2.75, 3.05) is 0 Å². The van der Waals surface area contributed by atoms with E-state index in [-0.39, 0.29) is 12.8 Å². The van der Waals surface area contributed by atoms with Crippen LogP contribution in [0.1, 0.15) is 52.4 Å². The predicted octanol–water partition coefficient (Wildman–Crippen LogP) is 1.72. The smallest absolute Gasteiger partial charge is 0.308 e. The Labute approximate surface area is 102 Å². The zero-order valence-electron chi connectivity index (χ0n) is 10.5. The van der Waals surface area contributed by atoms with Gasteiger partial charge in [-0.1, -0.05) is 26.2 Å². The summed E-state index contributed by atoms with van der Waals surface area (Å²) in [6, 6.07) is 0. The number of aliphatic carboxylic acids is 1. The van der Waals surface area contributed by atoms with Crippen LogP contribution in [0.4, 0.5) is 0 Å². The zero-order valence-corrected chi connectivity index (χ0v) is 10.5. The molecule has 0 spiro atoms. The van der Waals surface area contributed by atoms with Crippen LogP contribution >= 0.6 is 0 Å². The molecule has 0 radical (unpaired) electrons. The van der Waals surface area contributed by atoms with Gasteiger partial charge >= 0.3 is 11.9 Å². The number of unbranched alkanes of at least 4 members (excludes halogenated alkanes) is 2. The van der Waals surface area contributed by atoms with Gasteiger partial charge in [0.15, 0.2) is 0 Å². The number of ether oxygens (including phenoxy) is 1. The molecule has 0 aliphatic heterocycles. The zero-order chi connectivity index (χ0) is 13.3. The van der Waals surface area contributed by atoms with E-state index in [4.69, 9.17) is 9.84 Å². The number of hydrogen-bond acceptors (Lipinski definition) is 4. The van der Waals surface area contributed by atoms with Gasteiger partial charge < -0.3 is 14.9 Å². The van der Waals surface area contributed by atoms with Crippen LogP contribution in [0.5, 0.6) is 0 Å². The number of carbonyl (C=O) groups excluding carboxylic acids is 1. The third-order valence-corrected chi connectivity index (χ3v) is 2.34. The van der Waals surface area contributed by atoms with Gasteiger partial charge in [-0.05, 0) is 13.3 Å². The summed E-state index contributed by atoms with van der Waals surface area (Å²) in [4.78, 5) is 21.7. The lowest BCUT2D eigenvalue weighted by molar-refractivity contribution is -0.153. The molecule has 0 aromatic carbocycles. The van der Waals surface area contributed by atoms with Crippen molar-refractivity contribution in [1.82, 2.24) is 0 Å². The van der Waals surface area contributed by atoms with Crippen LogP contribution in [0.2, 0.25) is 0 Å². The van der Waals surface area contributed by atoms with E-state index in [9.17, 15) is 14.7 Å². The quantitative estimate of drug-likeness (QED) is 0.478. The Morgan fingerprint density at radius 2 is 1.88 bits per heavy atom. The van der Waals surface area contributed by atoms with Gasteiger partial charge in [0.05, 0.1) is 18.9 Å². The fourth-order valence-corrected chi connectivity index (χ4v) is 1.48. The van der Waals surface area contributed by atoms with Crippen molar-refractivity contribution in [3.8, 4) is 0 Å². The summed E-state index contributed by atoms with van der Waals surface area (Å²) in [5.41, 5.74) is 0. The SMILES string of the molecule is CCCCCC(O)CC(=O)OC(C)CC(=O)O. The van der Waals surface area contributed by atoms with Crippen molar-refractivity contribution >= 4 is 11.9 Å². The number of carbonyl (C=O) groups is 2. The second kappa shape index (κ2) is 8.98. The molecule has 0 saturated heterocycles. The van der Waals surface area contributed by atoms with Gasteiger partial charge in [-0.25, -0.2) is 0 Å². The molecule has 0 bridgehead atoms. The summed E-state index contributed by atoms with van der Waals surface area (Å²) in [7, 11) is 0. The molecule has 100 valence electrons. The number of carboxylic acids is 1. The maximum absolute atomic E-state index is 11.3. The van der Waals surface area contributed by atoms with Crippen LogP contribution < -0.4 is 0 Å². The third-order valence-electron chi connectivity index (χ3n) is 2.34. The number of rotatable bonds is 9. The van der Waals surface area contributed by atoms with Crippen LogP contribution in [0.15, 0.2) is 0 Å². The van der Waals surface area contributed by atoms with E-state index < -0.39 is 24.1 Å². The van der Waals surface area contributed by atoms with Crippen molar-refractivity contribution in [2.24, 2.45) is 0 Å².